The van der Waals surface area contributed by atoms with Crippen molar-refractivity contribution in [3.63, 3.8) is 0 Å². The number of halogens is 3. The van der Waals surface area contributed by atoms with Crippen LogP contribution in [0.25, 0.3) is 11.1 Å². The molecule has 1 aliphatic rings. The number of benzene rings is 3. The second kappa shape index (κ2) is 15.4. The van der Waals surface area contributed by atoms with Gasteiger partial charge in [0.25, 0.3) is 5.91 Å². The van der Waals surface area contributed by atoms with Crippen molar-refractivity contribution in [1.29, 1.82) is 0 Å². The van der Waals surface area contributed by atoms with Crippen molar-refractivity contribution in [2.24, 2.45) is 0 Å². The van der Waals surface area contributed by atoms with Gasteiger partial charge >= 0.3 is 13.7 Å². The van der Waals surface area contributed by atoms with Crippen molar-refractivity contribution in [1.82, 2.24) is 25.1 Å². The lowest BCUT2D eigenvalue weighted by atomic mass is 10.0. The first-order valence-electron chi connectivity index (χ1n) is 14.3. The molecule has 0 aliphatic carbocycles. The average Bonchev–Trinajstić information content (AvgIpc) is 3.65. The summed E-state index contributed by atoms with van der Waals surface area (Å²) in [6.45, 7) is 1.75. The van der Waals surface area contributed by atoms with Gasteiger partial charge in [-0.3, -0.25) is 9.69 Å². The molecule has 1 saturated heterocycles. The quantitative estimate of drug-likeness (QED) is 0.154. The highest BCUT2D eigenvalue weighted by Gasteiger charge is 2.33. The topological polar surface area (TPSA) is 111 Å². The number of hydrogen-bond acceptors (Lipinski definition) is 8. The van der Waals surface area contributed by atoms with Crippen LogP contribution in [-0.2, 0) is 33.8 Å². The summed E-state index contributed by atoms with van der Waals surface area (Å²) in [7, 11) is 4.87. The fourth-order valence-electron chi connectivity index (χ4n) is 4.99. The lowest BCUT2D eigenvalue weighted by Crippen LogP contribution is -2.37. The molecule has 1 atom stereocenters. The van der Waals surface area contributed by atoms with Crippen molar-refractivity contribution in [3.8, 4) is 16.9 Å². The first kappa shape index (κ1) is 33.2. The molecular formula is C31H31BCl2FN6O5. The maximum absolute atomic E-state index is 15.3. The van der Waals surface area contributed by atoms with E-state index in [0.717, 1.165) is 22.6 Å². The molecule has 1 aromatic heterocycles. The van der Waals surface area contributed by atoms with Crippen LogP contribution in [0.1, 0.15) is 16.8 Å². The van der Waals surface area contributed by atoms with Crippen LogP contribution in [0.4, 0.5) is 14.9 Å². The average molecular weight is 668 g/mol. The standard InChI is InChI=1S/C31H31BCl2FN6O5/c1-44-25-10-5-21(6-11-25)17-41-24(14-37-38-41)18-39(32-45-2)16-20-3-7-22(8-4-20)27-12-9-23(13-28(27)35)40-19-26(46-31(40)43)15-36-30(42)29(33)34/h3-14,26,29H,15-19H2,1-2H3,(H,36,42)/t26-/m0/s1. The third kappa shape index (κ3) is 8.35. The van der Waals surface area contributed by atoms with Gasteiger partial charge in [-0.2, -0.15) is 0 Å². The summed E-state index contributed by atoms with van der Waals surface area (Å²) in [6.07, 6.45) is 0.465. The Bertz CT molecular complexity index is 1640. The molecule has 0 bridgehead atoms. The largest absolute Gasteiger partial charge is 0.497 e. The number of carbonyl (C=O) groups is 2. The third-order valence-electron chi connectivity index (χ3n) is 7.30. The Morgan fingerprint density at radius 3 is 2.52 bits per heavy atom. The van der Waals surface area contributed by atoms with E-state index in [2.05, 4.69) is 15.6 Å². The molecule has 0 spiro atoms. The molecule has 1 N–H and O–H groups in total. The second-order valence-electron chi connectivity index (χ2n) is 10.5. The zero-order chi connectivity index (χ0) is 32.6. The number of rotatable bonds is 14. The molecule has 1 fully saturated rings. The Morgan fingerprint density at radius 1 is 1.11 bits per heavy atom. The molecule has 0 unspecified atom stereocenters. The van der Waals surface area contributed by atoms with Gasteiger partial charge in [0.2, 0.25) is 0 Å². The third-order valence-corrected chi connectivity index (χ3v) is 7.70. The summed E-state index contributed by atoms with van der Waals surface area (Å²) in [6, 6.07) is 19.9. The predicted molar refractivity (Wildman–Crippen MR) is 172 cm³/mol. The molecule has 239 valence electrons. The zero-order valence-electron chi connectivity index (χ0n) is 25.1. The van der Waals surface area contributed by atoms with Crippen molar-refractivity contribution in [3.05, 3.63) is 95.6 Å². The maximum Gasteiger partial charge on any atom is 0.414 e. The first-order valence-corrected chi connectivity index (χ1v) is 15.1. The van der Waals surface area contributed by atoms with Crippen molar-refractivity contribution >= 4 is 48.5 Å². The normalized spacial score (nSPS) is 14.5. The van der Waals surface area contributed by atoms with Gasteiger partial charge in [0.05, 0.1) is 44.3 Å². The maximum atomic E-state index is 15.3. The van der Waals surface area contributed by atoms with Gasteiger partial charge in [-0.05, 0) is 47.0 Å². The summed E-state index contributed by atoms with van der Waals surface area (Å²) in [4.78, 5) is 26.1. The molecule has 11 nitrogen and oxygen atoms in total. The van der Waals surface area contributed by atoms with E-state index in [0.29, 0.717) is 36.4 Å². The van der Waals surface area contributed by atoms with Gasteiger partial charge < -0.3 is 24.3 Å². The number of ether oxygens (including phenoxy) is 2. The fraction of sp³-hybridized carbons (Fsp3) is 0.290. The Hall–Kier alpha value is -4.17. The number of methoxy groups -OCH3 is 1. The van der Waals surface area contributed by atoms with Gasteiger partial charge in [-0.15, -0.1) is 5.10 Å². The summed E-state index contributed by atoms with van der Waals surface area (Å²) < 4.78 is 33.0. The van der Waals surface area contributed by atoms with Gasteiger partial charge in [0.1, 0.15) is 17.7 Å². The highest BCUT2D eigenvalue weighted by Crippen LogP contribution is 2.29. The van der Waals surface area contributed by atoms with Crippen LogP contribution in [0.5, 0.6) is 5.75 Å². The molecular weight excluding hydrogens is 637 g/mol. The van der Waals surface area contributed by atoms with E-state index in [1.807, 2.05) is 58.0 Å². The second-order valence-corrected chi connectivity index (χ2v) is 11.6. The number of anilines is 1. The van der Waals surface area contributed by atoms with Crippen molar-refractivity contribution in [2.75, 3.05) is 32.2 Å². The molecule has 2 amide bonds. The van der Waals surface area contributed by atoms with Gasteiger partial charge in [0.15, 0.2) is 4.84 Å². The van der Waals surface area contributed by atoms with E-state index >= 15 is 4.39 Å². The Kier molecular flexibility index (Phi) is 11.1. The molecule has 3 aromatic carbocycles. The van der Waals surface area contributed by atoms with Crippen LogP contribution in [0, 0.1) is 5.82 Å². The molecule has 15 heteroatoms. The van der Waals surface area contributed by atoms with Crippen molar-refractivity contribution < 1.29 is 28.1 Å². The number of hydrogen-bond donors (Lipinski definition) is 1. The number of alkyl halides is 2. The first-order chi connectivity index (χ1) is 22.2. The van der Waals surface area contributed by atoms with Gasteiger partial charge in [-0.25, -0.2) is 13.9 Å². The van der Waals surface area contributed by atoms with Gasteiger partial charge in [-0.1, -0.05) is 64.8 Å². The Balaban J connectivity index is 1.21. The minimum absolute atomic E-state index is 0.0354. The lowest BCUT2D eigenvalue weighted by molar-refractivity contribution is -0.119. The predicted octanol–water partition coefficient (Wildman–Crippen LogP) is 4.57. The lowest BCUT2D eigenvalue weighted by Gasteiger charge is -2.20. The molecule has 1 radical (unpaired) electrons. The van der Waals surface area contributed by atoms with Crippen LogP contribution in [0.15, 0.2) is 72.9 Å². The molecule has 4 aromatic rings. The molecule has 0 saturated carbocycles. The minimum atomic E-state index is -1.23. The van der Waals surface area contributed by atoms with Crippen LogP contribution < -0.4 is 15.0 Å². The van der Waals surface area contributed by atoms with Crippen molar-refractivity contribution in [2.45, 2.75) is 30.6 Å². The summed E-state index contributed by atoms with van der Waals surface area (Å²) in [5.41, 5.74) is 4.36. The number of cyclic esters (lactones) is 1. The Morgan fingerprint density at radius 2 is 1.85 bits per heavy atom. The molecule has 46 heavy (non-hydrogen) atoms. The van der Waals surface area contributed by atoms with E-state index in [9.17, 15) is 9.59 Å². The van der Waals surface area contributed by atoms with E-state index in [4.69, 9.17) is 37.3 Å². The van der Waals surface area contributed by atoms with Crippen LogP contribution >= 0.6 is 23.2 Å². The fourth-order valence-corrected chi connectivity index (χ4v) is 5.14. The smallest absolute Gasteiger partial charge is 0.414 e. The van der Waals surface area contributed by atoms with E-state index in [-0.39, 0.29) is 13.1 Å². The molecule has 2 heterocycles. The Labute approximate surface area is 276 Å². The van der Waals surface area contributed by atoms with E-state index in [1.165, 1.54) is 11.0 Å². The number of nitrogens with one attached hydrogen (secondary N) is 1. The number of aromatic nitrogens is 3. The highest BCUT2D eigenvalue weighted by molar-refractivity contribution is 6.53. The summed E-state index contributed by atoms with van der Waals surface area (Å²) in [5.74, 6) is -0.293. The van der Waals surface area contributed by atoms with Crippen LogP contribution in [0.2, 0.25) is 0 Å². The minimum Gasteiger partial charge on any atom is -0.497 e. The van der Waals surface area contributed by atoms with Crippen LogP contribution in [-0.4, -0.2) is 77.7 Å². The number of carbonyl (C=O) groups excluding carboxylic acids is 2. The monoisotopic (exact) mass is 667 g/mol. The van der Waals surface area contributed by atoms with Crippen LogP contribution in [0.3, 0.4) is 0 Å². The number of amides is 2. The number of nitrogens with zero attached hydrogens (tertiary/aromatic N) is 5. The summed E-state index contributed by atoms with van der Waals surface area (Å²) in [5, 5.41) is 10.9. The highest BCUT2D eigenvalue weighted by atomic mass is 35.5. The zero-order valence-corrected chi connectivity index (χ0v) is 26.6. The van der Waals surface area contributed by atoms with Gasteiger partial charge in [0, 0.05) is 25.8 Å². The van der Waals surface area contributed by atoms with E-state index in [1.54, 1.807) is 40.2 Å². The molecule has 5 rings (SSSR count). The SMILES string of the molecule is CO[B]N(Cc1ccc(-c2ccc(N3C[C@H](CNC(=O)C(Cl)Cl)OC3=O)cc2F)cc1)Cc1cnnn1Cc1ccc(OC)cc1. The summed E-state index contributed by atoms with van der Waals surface area (Å²) >= 11 is 11.1. The van der Waals surface area contributed by atoms with E-state index < -0.39 is 28.8 Å². The molecule has 1 aliphatic heterocycles.